The van der Waals surface area contributed by atoms with Crippen LogP contribution in [0.4, 0.5) is 0 Å². The van der Waals surface area contributed by atoms with Gasteiger partial charge in [-0.2, -0.15) is 0 Å². The van der Waals surface area contributed by atoms with Gasteiger partial charge in [0.05, 0.1) is 14.2 Å². The molecule has 2 fully saturated rings. The Labute approximate surface area is 169 Å². The van der Waals surface area contributed by atoms with Crippen molar-refractivity contribution in [2.45, 2.75) is 63.1 Å². The molecule has 4 atom stereocenters. The maximum absolute atomic E-state index is 11.0. The fourth-order valence-corrected chi connectivity index (χ4v) is 4.96. The van der Waals surface area contributed by atoms with E-state index in [0.717, 1.165) is 37.3 Å². The molecule has 150 valence electrons. The van der Waals surface area contributed by atoms with Gasteiger partial charge in [0.15, 0.2) is 11.5 Å². The first-order valence-corrected chi connectivity index (χ1v) is 9.69. The number of halogens is 1. The number of hydrogen-bond donors (Lipinski definition) is 1. The molecule has 1 heterocycles. The molecule has 5 heteroatoms. The van der Waals surface area contributed by atoms with Gasteiger partial charge in [-0.1, -0.05) is 24.8 Å². The monoisotopic (exact) mass is 393 g/mol. The van der Waals surface area contributed by atoms with Gasteiger partial charge in [0.2, 0.25) is 0 Å². The van der Waals surface area contributed by atoms with Gasteiger partial charge in [-0.15, -0.1) is 18.8 Å². The van der Waals surface area contributed by atoms with E-state index in [1.54, 1.807) is 14.2 Å². The molecule has 27 heavy (non-hydrogen) atoms. The second-order valence-corrected chi connectivity index (χ2v) is 7.76. The van der Waals surface area contributed by atoms with Gasteiger partial charge in [-0.05, 0) is 43.9 Å². The predicted molar refractivity (Wildman–Crippen MR) is 111 cm³/mol. The number of likely N-dealkylation sites (tertiary alicyclic amines) is 1. The van der Waals surface area contributed by atoms with Gasteiger partial charge >= 0.3 is 0 Å². The number of nitrogens with zero attached hydrogens (tertiary/aromatic N) is 1. The lowest BCUT2D eigenvalue weighted by Crippen LogP contribution is -2.61. The van der Waals surface area contributed by atoms with Gasteiger partial charge in [0, 0.05) is 31.0 Å². The summed E-state index contributed by atoms with van der Waals surface area (Å²) in [7, 11) is 3.32. The first-order valence-electron chi connectivity index (χ1n) is 9.69. The standard InChI is InChI=1S/C22H31NO3.ClH/c1-5-22(24)15-16(2)23(19-9-7-6-8-18(19)22)13-12-17-10-11-20(25-3)21(14-17)26-4;/h1,10-11,14,16,18-19,24H,6-9,12-13,15H2,2-4H3;1H/t16-,18-,19-,22-;/m0./s1. The van der Waals surface area contributed by atoms with E-state index in [9.17, 15) is 5.11 Å². The largest absolute Gasteiger partial charge is 0.493 e. The van der Waals surface area contributed by atoms with E-state index in [1.807, 2.05) is 6.07 Å². The zero-order chi connectivity index (χ0) is 18.7. The van der Waals surface area contributed by atoms with Crippen molar-refractivity contribution in [2.75, 3.05) is 20.8 Å². The van der Waals surface area contributed by atoms with Crippen molar-refractivity contribution in [3.05, 3.63) is 23.8 Å². The third-order valence-electron chi connectivity index (χ3n) is 6.30. The molecule has 1 aromatic carbocycles. The number of methoxy groups -OCH3 is 2. The van der Waals surface area contributed by atoms with Crippen molar-refractivity contribution < 1.29 is 14.6 Å². The van der Waals surface area contributed by atoms with Gasteiger partial charge in [-0.3, -0.25) is 4.90 Å². The fraction of sp³-hybridized carbons (Fsp3) is 0.636. The molecule has 0 unspecified atom stereocenters. The third kappa shape index (κ3) is 4.37. The quantitative estimate of drug-likeness (QED) is 0.775. The summed E-state index contributed by atoms with van der Waals surface area (Å²) in [6.07, 6.45) is 11.9. The SMILES string of the molecule is C#C[C@]1(O)C[C@H](C)N(CCc2ccc(OC)c(OC)c2)[C@H]2CCCC[C@@H]21.Cl. The average Bonchev–Trinajstić information content (AvgIpc) is 2.67. The average molecular weight is 394 g/mol. The summed E-state index contributed by atoms with van der Waals surface area (Å²) >= 11 is 0. The number of rotatable bonds is 5. The Kier molecular flexibility index (Phi) is 7.45. The zero-order valence-electron chi connectivity index (χ0n) is 16.6. The fourth-order valence-electron chi connectivity index (χ4n) is 4.96. The number of aliphatic hydroxyl groups is 1. The Hall–Kier alpha value is -1.41. The highest BCUT2D eigenvalue weighted by Crippen LogP contribution is 2.43. The number of benzene rings is 1. The van der Waals surface area contributed by atoms with Crippen molar-refractivity contribution in [2.24, 2.45) is 5.92 Å². The van der Waals surface area contributed by atoms with Crippen LogP contribution < -0.4 is 9.47 Å². The highest BCUT2D eigenvalue weighted by Gasteiger charge is 2.49. The molecule has 1 aliphatic heterocycles. The van der Waals surface area contributed by atoms with Crippen LogP contribution in [0, 0.1) is 18.3 Å². The molecule has 1 aromatic rings. The maximum atomic E-state index is 11.0. The van der Waals surface area contributed by atoms with Gasteiger partial charge in [-0.25, -0.2) is 0 Å². The summed E-state index contributed by atoms with van der Waals surface area (Å²) in [5.74, 6) is 4.46. The normalized spacial score (nSPS) is 30.6. The number of terminal acetylenes is 1. The lowest BCUT2D eigenvalue weighted by Gasteiger charge is -2.53. The smallest absolute Gasteiger partial charge is 0.160 e. The second-order valence-electron chi connectivity index (χ2n) is 7.76. The molecule has 1 saturated carbocycles. The van der Waals surface area contributed by atoms with E-state index < -0.39 is 5.60 Å². The van der Waals surface area contributed by atoms with Crippen LogP contribution in [0.3, 0.4) is 0 Å². The number of hydrogen-bond acceptors (Lipinski definition) is 4. The minimum absolute atomic E-state index is 0. The molecule has 0 spiro atoms. The third-order valence-corrected chi connectivity index (χ3v) is 6.30. The first-order chi connectivity index (χ1) is 12.5. The van der Waals surface area contributed by atoms with Gasteiger partial charge < -0.3 is 14.6 Å². The Bertz CT molecular complexity index is 674. The molecule has 1 N–H and O–H groups in total. The van der Waals surface area contributed by atoms with E-state index >= 15 is 0 Å². The summed E-state index contributed by atoms with van der Waals surface area (Å²) in [6, 6.07) is 6.80. The van der Waals surface area contributed by atoms with Crippen molar-refractivity contribution in [3.8, 4) is 23.8 Å². The molecular weight excluding hydrogens is 362 g/mol. The number of piperidine rings is 1. The zero-order valence-corrected chi connectivity index (χ0v) is 17.4. The Balaban J connectivity index is 0.00000261. The molecule has 1 aliphatic carbocycles. The maximum Gasteiger partial charge on any atom is 0.160 e. The van der Waals surface area contributed by atoms with Crippen LogP contribution >= 0.6 is 12.4 Å². The minimum atomic E-state index is -0.940. The van der Waals surface area contributed by atoms with Crippen LogP contribution in [0.5, 0.6) is 11.5 Å². The molecule has 0 amide bonds. The Morgan fingerprint density at radius 1 is 1.22 bits per heavy atom. The summed E-state index contributed by atoms with van der Waals surface area (Å²) in [5.41, 5.74) is 0.296. The molecule has 0 bridgehead atoms. The molecule has 2 aliphatic rings. The lowest BCUT2D eigenvalue weighted by molar-refractivity contribution is -0.0999. The van der Waals surface area contributed by atoms with Crippen molar-refractivity contribution in [1.29, 1.82) is 0 Å². The Morgan fingerprint density at radius 3 is 2.59 bits per heavy atom. The van der Waals surface area contributed by atoms with E-state index in [-0.39, 0.29) is 24.4 Å². The molecule has 0 aromatic heterocycles. The number of ether oxygens (including phenoxy) is 2. The Morgan fingerprint density at radius 2 is 1.93 bits per heavy atom. The van der Waals surface area contributed by atoms with Gasteiger partial charge in [0.25, 0.3) is 0 Å². The second kappa shape index (κ2) is 9.19. The van der Waals surface area contributed by atoms with E-state index in [1.165, 1.54) is 18.4 Å². The van der Waals surface area contributed by atoms with Crippen molar-refractivity contribution >= 4 is 12.4 Å². The molecule has 3 rings (SSSR count). The van der Waals surface area contributed by atoms with Crippen LogP contribution in [0.2, 0.25) is 0 Å². The molecule has 0 radical (unpaired) electrons. The van der Waals surface area contributed by atoms with Crippen LogP contribution in [0.15, 0.2) is 18.2 Å². The van der Waals surface area contributed by atoms with Crippen LogP contribution in [-0.2, 0) is 6.42 Å². The topological polar surface area (TPSA) is 41.9 Å². The van der Waals surface area contributed by atoms with Crippen LogP contribution in [-0.4, -0.2) is 48.5 Å². The van der Waals surface area contributed by atoms with Gasteiger partial charge in [0.1, 0.15) is 5.60 Å². The van der Waals surface area contributed by atoms with Crippen molar-refractivity contribution in [3.63, 3.8) is 0 Å². The minimum Gasteiger partial charge on any atom is -0.493 e. The molecule has 4 nitrogen and oxygen atoms in total. The lowest BCUT2D eigenvalue weighted by atomic mass is 9.67. The first kappa shape index (κ1) is 21.9. The van der Waals surface area contributed by atoms with E-state index in [4.69, 9.17) is 15.9 Å². The summed E-state index contributed by atoms with van der Waals surface area (Å²) < 4.78 is 10.8. The highest BCUT2D eigenvalue weighted by atomic mass is 35.5. The highest BCUT2D eigenvalue weighted by molar-refractivity contribution is 5.85. The van der Waals surface area contributed by atoms with Crippen LogP contribution in [0.25, 0.3) is 0 Å². The van der Waals surface area contributed by atoms with E-state index in [0.29, 0.717) is 12.5 Å². The summed E-state index contributed by atoms with van der Waals surface area (Å²) in [6.45, 7) is 3.17. The summed E-state index contributed by atoms with van der Waals surface area (Å²) in [4.78, 5) is 2.58. The van der Waals surface area contributed by atoms with E-state index in [2.05, 4.69) is 29.9 Å². The molecule has 1 saturated heterocycles. The molecular formula is C22H32ClNO3. The van der Waals surface area contributed by atoms with Crippen LogP contribution in [0.1, 0.15) is 44.6 Å². The van der Waals surface area contributed by atoms with Crippen molar-refractivity contribution in [1.82, 2.24) is 4.90 Å². The summed E-state index contributed by atoms with van der Waals surface area (Å²) in [5, 5.41) is 11.0. The predicted octanol–water partition coefficient (Wildman–Crippen LogP) is 3.69. The number of fused-ring (bicyclic) bond motifs is 1.